The highest BCUT2D eigenvalue weighted by atomic mass is 127. The van der Waals surface area contributed by atoms with Crippen LogP contribution < -0.4 is 4.74 Å². The van der Waals surface area contributed by atoms with Gasteiger partial charge >= 0.3 is 5.97 Å². The van der Waals surface area contributed by atoms with Crippen molar-refractivity contribution in [3.05, 3.63) is 42.0 Å². The van der Waals surface area contributed by atoms with Gasteiger partial charge in [0.15, 0.2) is 5.78 Å². The summed E-state index contributed by atoms with van der Waals surface area (Å²) in [5, 5.41) is 1.80. The largest absolute Gasteiger partial charge is 0.427 e. The molecule has 0 unspecified atom stereocenters. The van der Waals surface area contributed by atoms with E-state index in [1.54, 1.807) is 12.1 Å². The van der Waals surface area contributed by atoms with Crippen molar-refractivity contribution < 1.29 is 14.3 Å². The van der Waals surface area contributed by atoms with Crippen LogP contribution in [0, 0.1) is 0 Å². The number of carbonyl (C=O) groups excluding carboxylic acids is 2. The second kappa shape index (κ2) is 6.14. The minimum Gasteiger partial charge on any atom is -0.427 e. The van der Waals surface area contributed by atoms with Gasteiger partial charge in [0, 0.05) is 23.3 Å². The molecule has 0 aliphatic carbocycles. The smallest absolute Gasteiger partial charge is 0.308 e. The Bertz CT molecular complexity index is 634. The normalized spacial score (nSPS) is 10.4. The van der Waals surface area contributed by atoms with E-state index in [0.29, 0.717) is 17.7 Å². The summed E-state index contributed by atoms with van der Waals surface area (Å²) in [5.41, 5.74) is 0.683. The maximum atomic E-state index is 12.1. The van der Waals surface area contributed by atoms with Gasteiger partial charge in [-0.3, -0.25) is 9.59 Å². The van der Waals surface area contributed by atoms with Crippen LogP contribution in [-0.4, -0.2) is 16.2 Å². The molecule has 0 N–H and O–H groups in total. The Labute approximate surface area is 125 Å². The fraction of sp³-hybridized carbons (Fsp3) is 0.200. The summed E-state index contributed by atoms with van der Waals surface area (Å²) in [4.78, 5) is 23.1. The molecule has 0 saturated heterocycles. The predicted octanol–water partition coefficient (Wildman–Crippen LogP) is 3.77. The molecular formula is C15H13IO3. The van der Waals surface area contributed by atoms with E-state index in [2.05, 4.69) is 22.6 Å². The number of alkyl halides is 1. The van der Waals surface area contributed by atoms with Crippen molar-refractivity contribution in [3.63, 3.8) is 0 Å². The standard InChI is InChI=1S/C15H13IO3/c1-10(17)19-12-6-5-11-3-2-4-13(14(11)9-12)15(18)7-8-16/h2-6,9H,7-8H2,1H3. The second-order valence-electron chi connectivity index (χ2n) is 4.14. The molecule has 19 heavy (non-hydrogen) atoms. The van der Waals surface area contributed by atoms with E-state index >= 15 is 0 Å². The third kappa shape index (κ3) is 3.32. The molecule has 0 aromatic heterocycles. The SMILES string of the molecule is CC(=O)Oc1ccc2cccc(C(=O)CCI)c2c1. The van der Waals surface area contributed by atoms with Crippen molar-refractivity contribution in [2.75, 3.05) is 4.43 Å². The predicted molar refractivity (Wildman–Crippen MR) is 83.1 cm³/mol. The van der Waals surface area contributed by atoms with E-state index in [1.165, 1.54) is 6.92 Å². The molecule has 0 aliphatic heterocycles. The first-order valence-corrected chi connectivity index (χ1v) is 7.44. The van der Waals surface area contributed by atoms with Crippen LogP contribution in [-0.2, 0) is 4.79 Å². The van der Waals surface area contributed by atoms with Crippen LogP contribution in [0.4, 0.5) is 0 Å². The molecule has 0 saturated carbocycles. The van der Waals surface area contributed by atoms with E-state index in [0.717, 1.165) is 15.2 Å². The van der Waals surface area contributed by atoms with E-state index in [-0.39, 0.29) is 11.8 Å². The lowest BCUT2D eigenvalue weighted by Gasteiger charge is -2.07. The number of ether oxygens (including phenoxy) is 1. The number of ketones is 1. The second-order valence-corrected chi connectivity index (χ2v) is 5.22. The van der Waals surface area contributed by atoms with Gasteiger partial charge in [-0.1, -0.05) is 46.9 Å². The van der Waals surface area contributed by atoms with Crippen molar-refractivity contribution in [1.29, 1.82) is 0 Å². The molecular weight excluding hydrogens is 355 g/mol. The van der Waals surface area contributed by atoms with Gasteiger partial charge in [0.1, 0.15) is 5.75 Å². The van der Waals surface area contributed by atoms with Crippen LogP contribution in [0.5, 0.6) is 5.75 Å². The van der Waals surface area contributed by atoms with Gasteiger partial charge in [-0.25, -0.2) is 0 Å². The van der Waals surface area contributed by atoms with Crippen LogP contribution in [0.15, 0.2) is 36.4 Å². The first-order valence-electron chi connectivity index (χ1n) is 5.92. The first kappa shape index (κ1) is 14.0. The zero-order valence-electron chi connectivity index (χ0n) is 10.5. The van der Waals surface area contributed by atoms with Crippen LogP contribution in [0.1, 0.15) is 23.7 Å². The number of halogens is 1. The van der Waals surface area contributed by atoms with Crippen molar-refractivity contribution in [2.24, 2.45) is 0 Å². The zero-order chi connectivity index (χ0) is 13.8. The highest BCUT2D eigenvalue weighted by molar-refractivity contribution is 14.1. The number of esters is 1. The summed E-state index contributed by atoms with van der Waals surface area (Å²) < 4.78 is 5.85. The third-order valence-corrected chi connectivity index (χ3v) is 3.28. The lowest BCUT2D eigenvalue weighted by Crippen LogP contribution is -2.03. The number of rotatable bonds is 4. The van der Waals surface area contributed by atoms with Crippen molar-refractivity contribution in [2.45, 2.75) is 13.3 Å². The lowest BCUT2D eigenvalue weighted by molar-refractivity contribution is -0.131. The van der Waals surface area contributed by atoms with Crippen molar-refractivity contribution in [3.8, 4) is 5.75 Å². The maximum absolute atomic E-state index is 12.1. The molecule has 0 radical (unpaired) electrons. The molecule has 98 valence electrons. The number of benzene rings is 2. The molecule has 0 spiro atoms. The van der Waals surface area contributed by atoms with Crippen LogP contribution in [0.2, 0.25) is 0 Å². The lowest BCUT2D eigenvalue weighted by atomic mass is 10.00. The summed E-state index contributed by atoms with van der Waals surface area (Å²) in [7, 11) is 0. The van der Waals surface area contributed by atoms with Crippen LogP contribution >= 0.6 is 22.6 Å². The van der Waals surface area contributed by atoms with E-state index in [1.807, 2.05) is 24.3 Å². The summed E-state index contributed by atoms with van der Waals surface area (Å²) in [6, 6.07) is 11.0. The molecule has 0 amide bonds. The first-order chi connectivity index (χ1) is 9.11. The Balaban J connectivity index is 2.51. The summed E-state index contributed by atoms with van der Waals surface area (Å²) in [5.74, 6) is 0.213. The fourth-order valence-electron chi connectivity index (χ4n) is 1.94. The minimum absolute atomic E-state index is 0.111. The number of hydrogen-bond acceptors (Lipinski definition) is 3. The van der Waals surface area contributed by atoms with Crippen LogP contribution in [0.3, 0.4) is 0 Å². The quantitative estimate of drug-likeness (QED) is 0.271. The average Bonchev–Trinajstić information content (AvgIpc) is 2.37. The van der Waals surface area contributed by atoms with Crippen molar-refractivity contribution in [1.82, 2.24) is 0 Å². The molecule has 0 fully saturated rings. The zero-order valence-corrected chi connectivity index (χ0v) is 12.6. The molecule has 2 aromatic carbocycles. The highest BCUT2D eigenvalue weighted by Crippen LogP contribution is 2.25. The van der Waals surface area contributed by atoms with Gasteiger partial charge in [-0.15, -0.1) is 0 Å². The Hall–Kier alpha value is -1.43. The third-order valence-electron chi connectivity index (χ3n) is 2.74. The van der Waals surface area contributed by atoms with Gasteiger partial charge < -0.3 is 4.74 Å². The summed E-state index contributed by atoms with van der Waals surface area (Å²) in [6.07, 6.45) is 0.511. The summed E-state index contributed by atoms with van der Waals surface area (Å²) >= 11 is 2.19. The molecule has 0 aliphatic rings. The molecule has 2 aromatic rings. The van der Waals surface area contributed by atoms with Gasteiger partial charge in [0.05, 0.1) is 0 Å². The van der Waals surface area contributed by atoms with E-state index < -0.39 is 0 Å². The Morgan fingerprint density at radius 3 is 2.68 bits per heavy atom. The van der Waals surface area contributed by atoms with Gasteiger partial charge in [0.2, 0.25) is 0 Å². The molecule has 4 heteroatoms. The van der Waals surface area contributed by atoms with E-state index in [9.17, 15) is 9.59 Å². The molecule has 0 atom stereocenters. The molecule has 2 rings (SSSR count). The topological polar surface area (TPSA) is 43.4 Å². The number of Topliss-reactive ketones (excluding diaryl/α,β-unsaturated/α-hetero) is 1. The minimum atomic E-state index is -0.365. The molecule has 0 heterocycles. The van der Waals surface area contributed by atoms with Gasteiger partial charge in [-0.05, 0) is 22.9 Å². The molecule has 0 bridgehead atoms. The number of hydrogen-bond donors (Lipinski definition) is 0. The summed E-state index contributed by atoms with van der Waals surface area (Å²) in [6.45, 7) is 1.36. The average molecular weight is 368 g/mol. The maximum Gasteiger partial charge on any atom is 0.308 e. The monoisotopic (exact) mass is 368 g/mol. The van der Waals surface area contributed by atoms with Gasteiger partial charge in [0.25, 0.3) is 0 Å². The number of fused-ring (bicyclic) bond motifs is 1. The van der Waals surface area contributed by atoms with Crippen LogP contribution in [0.25, 0.3) is 10.8 Å². The Kier molecular flexibility index (Phi) is 4.52. The number of carbonyl (C=O) groups is 2. The van der Waals surface area contributed by atoms with Crippen molar-refractivity contribution >= 4 is 45.1 Å². The highest BCUT2D eigenvalue weighted by Gasteiger charge is 2.10. The molecule has 3 nitrogen and oxygen atoms in total. The Morgan fingerprint density at radius 2 is 2.00 bits per heavy atom. The fourth-order valence-corrected chi connectivity index (χ4v) is 2.43. The van der Waals surface area contributed by atoms with Gasteiger partial charge in [-0.2, -0.15) is 0 Å². The Morgan fingerprint density at radius 1 is 1.21 bits per heavy atom. The van der Waals surface area contributed by atoms with E-state index in [4.69, 9.17) is 4.74 Å².